The van der Waals surface area contributed by atoms with E-state index < -0.39 is 0 Å². The number of ether oxygens (including phenoxy) is 1. The van der Waals surface area contributed by atoms with Gasteiger partial charge in [0.15, 0.2) is 6.61 Å². The fourth-order valence-corrected chi connectivity index (χ4v) is 2.29. The van der Waals surface area contributed by atoms with Crippen LogP contribution in [-0.4, -0.2) is 12.5 Å². The fourth-order valence-electron chi connectivity index (χ4n) is 2.29. The maximum atomic E-state index is 12.1. The van der Waals surface area contributed by atoms with E-state index in [0.29, 0.717) is 11.4 Å². The first kappa shape index (κ1) is 15.9. The molecule has 22 heavy (non-hydrogen) atoms. The zero-order valence-electron chi connectivity index (χ0n) is 13.1. The first-order valence-electron chi connectivity index (χ1n) is 7.53. The largest absolute Gasteiger partial charge is 0.484 e. The third-order valence-electron chi connectivity index (χ3n) is 3.51. The molecule has 2 aromatic rings. The van der Waals surface area contributed by atoms with Crippen LogP contribution >= 0.6 is 0 Å². The molecule has 4 heteroatoms. The maximum Gasteiger partial charge on any atom is 0.262 e. The molecular formula is C18H22N2O2. The Morgan fingerprint density at radius 1 is 1.05 bits per heavy atom. The maximum absolute atomic E-state index is 12.1. The number of hydrogen-bond acceptors (Lipinski definition) is 3. The van der Waals surface area contributed by atoms with Crippen LogP contribution in [0.5, 0.6) is 5.75 Å². The van der Waals surface area contributed by atoms with Crippen molar-refractivity contribution < 1.29 is 9.53 Å². The summed E-state index contributed by atoms with van der Waals surface area (Å²) in [5.74, 6) is 0.469. The standard InChI is InChI=1S/C18H22N2O2/c1-3-13-6-5-7-14(4-2)18(13)20-17(21)12-22-16-10-8-15(19)9-11-16/h5-11H,3-4,12,19H2,1-2H3,(H,20,21). The number of anilines is 2. The molecule has 4 nitrogen and oxygen atoms in total. The Balaban J connectivity index is 2.01. The first-order valence-corrected chi connectivity index (χ1v) is 7.53. The predicted octanol–water partition coefficient (Wildman–Crippen LogP) is 3.41. The molecule has 3 N–H and O–H groups in total. The molecule has 0 radical (unpaired) electrons. The van der Waals surface area contributed by atoms with Crippen LogP contribution in [0.25, 0.3) is 0 Å². The minimum atomic E-state index is -0.160. The monoisotopic (exact) mass is 298 g/mol. The van der Waals surface area contributed by atoms with Crippen molar-refractivity contribution in [2.45, 2.75) is 26.7 Å². The Kier molecular flexibility index (Phi) is 5.42. The number of para-hydroxylation sites is 1. The van der Waals surface area contributed by atoms with Crippen molar-refractivity contribution in [1.82, 2.24) is 0 Å². The molecule has 0 aromatic heterocycles. The van der Waals surface area contributed by atoms with E-state index in [1.807, 2.05) is 18.2 Å². The molecule has 0 fully saturated rings. The zero-order valence-corrected chi connectivity index (χ0v) is 13.1. The quantitative estimate of drug-likeness (QED) is 0.803. The Morgan fingerprint density at radius 3 is 2.18 bits per heavy atom. The van der Waals surface area contributed by atoms with Gasteiger partial charge in [-0.2, -0.15) is 0 Å². The van der Waals surface area contributed by atoms with Gasteiger partial charge in [0, 0.05) is 11.4 Å². The minimum absolute atomic E-state index is 0.0227. The number of amides is 1. The topological polar surface area (TPSA) is 64.3 Å². The van der Waals surface area contributed by atoms with Crippen molar-refractivity contribution in [1.29, 1.82) is 0 Å². The second-order valence-electron chi connectivity index (χ2n) is 5.06. The summed E-state index contributed by atoms with van der Waals surface area (Å²) in [4.78, 5) is 12.1. The average molecular weight is 298 g/mol. The first-order chi connectivity index (χ1) is 10.6. The lowest BCUT2D eigenvalue weighted by molar-refractivity contribution is -0.118. The predicted molar refractivity (Wildman–Crippen MR) is 90.2 cm³/mol. The molecular weight excluding hydrogens is 276 g/mol. The lowest BCUT2D eigenvalue weighted by Gasteiger charge is -2.14. The van der Waals surface area contributed by atoms with Gasteiger partial charge in [-0.25, -0.2) is 0 Å². The summed E-state index contributed by atoms with van der Waals surface area (Å²) in [5, 5.41) is 2.97. The summed E-state index contributed by atoms with van der Waals surface area (Å²) in [6, 6.07) is 13.1. The zero-order chi connectivity index (χ0) is 15.9. The number of rotatable bonds is 6. The molecule has 0 aliphatic carbocycles. The molecule has 0 aliphatic heterocycles. The van der Waals surface area contributed by atoms with Crippen molar-refractivity contribution in [3.63, 3.8) is 0 Å². The molecule has 0 spiro atoms. The van der Waals surface area contributed by atoms with Gasteiger partial charge in [-0.05, 0) is 48.2 Å². The van der Waals surface area contributed by atoms with Gasteiger partial charge >= 0.3 is 0 Å². The number of nitrogens with one attached hydrogen (secondary N) is 1. The van der Waals surface area contributed by atoms with Crippen molar-refractivity contribution in [3.8, 4) is 5.75 Å². The number of hydrogen-bond donors (Lipinski definition) is 2. The Morgan fingerprint density at radius 2 is 1.64 bits per heavy atom. The second-order valence-corrected chi connectivity index (χ2v) is 5.06. The number of aryl methyl sites for hydroxylation is 2. The molecule has 2 rings (SSSR count). The van der Waals surface area contributed by atoms with E-state index in [1.54, 1.807) is 24.3 Å². The molecule has 0 saturated heterocycles. The highest BCUT2D eigenvalue weighted by Gasteiger charge is 2.10. The Hall–Kier alpha value is -2.49. The van der Waals surface area contributed by atoms with Gasteiger partial charge in [0.25, 0.3) is 5.91 Å². The number of nitrogens with two attached hydrogens (primary N) is 1. The number of nitrogen functional groups attached to an aromatic ring is 1. The van der Waals surface area contributed by atoms with E-state index >= 15 is 0 Å². The lowest BCUT2D eigenvalue weighted by atomic mass is 10.0. The lowest BCUT2D eigenvalue weighted by Crippen LogP contribution is -2.21. The van der Waals surface area contributed by atoms with E-state index in [4.69, 9.17) is 10.5 Å². The highest BCUT2D eigenvalue weighted by Crippen LogP contribution is 2.22. The third-order valence-corrected chi connectivity index (χ3v) is 3.51. The van der Waals surface area contributed by atoms with Crippen LogP contribution in [0.15, 0.2) is 42.5 Å². The van der Waals surface area contributed by atoms with Gasteiger partial charge in [-0.3, -0.25) is 4.79 Å². The van der Waals surface area contributed by atoms with Crippen LogP contribution in [0.1, 0.15) is 25.0 Å². The van der Waals surface area contributed by atoms with Crippen molar-refractivity contribution in [3.05, 3.63) is 53.6 Å². The molecule has 0 unspecified atom stereocenters. The molecule has 0 atom stereocenters. The van der Waals surface area contributed by atoms with Crippen LogP contribution in [0.2, 0.25) is 0 Å². The van der Waals surface area contributed by atoms with Gasteiger partial charge in [0.05, 0.1) is 0 Å². The van der Waals surface area contributed by atoms with E-state index in [-0.39, 0.29) is 12.5 Å². The molecule has 0 heterocycles. The summed E-state index contributed by atoms with van der Waals surface area (Å²) >= 11 is 0. The van der Waals surface area contributed by atoms with Crippen LogP contribution < -0.4 is 15.8 Å². The highest BCUT2D eigenvalue weighted by molar-refractivity contribution is 5.93. The van der Waals surface area contributed by atoms with E-state index in [1.165, 1.54) is 0 Å². The van der Waals surface area contributed by atoms with E-state index in [2.05, 4.69) is 19.2 Å². The highest BCUT2D eigenvalue weighted by atomic mass is 16.5. The van der Waals surface area contributed by atoms with E-state index in [0.717, 1.165) is 29.7 Å². The van der Waals surface area contributed by atoms with Crippen LogP contribution in [-0.2, 0) is 17.6 Å². The van der Waals surface area contributed by atoms with Crippen LogP contribution in [0.4, 0.5) is 11.4 Å². The van der Waals surface area contributed by atoms with Gasteiger partial charge in [-0.15, -0.1) is 0 Å². The van der Waals surface area contributed by atoms with Gasteiger partial charge < -0.3 is 15.8 Å². The van der Waals surface area contributed by atoms with Gasteiger partial charge in [-0.1, -0.05) is 32.0 Å². The Labute approximate surface area is 131 Å². The molecule has 2 aromatic carbocycles. The summed E-state index contributed by atoms with van der Waals surface area (Å²) in [6.45, 7) is 4.13. The summed E-state index contributed by atoms with van der Waals surface area (Å²) in [5.41, 5.74) is 9.48. The average Bonchev–Trinajstić information content (AvgIpc) is 2.54. The Bertz CT molecular complexity index is 614. The van der Waals surface area contributed by atoms with E-state index in [9.17, 15) is 4.79 Å². The van der Waals surface area contributed by atoms with Gasteiger partial charge in [0.2, 0.25) is 0 Å². The molecule has 0 bridgehead atoms. The molecule has 116 valence electrons. The summed E-state index contributed by atoms with van der Waals surface area (Å²) in [7, 11) is 0. The molecule has 1 amide bonds. The van der Waals surface area contributed by atoms with Crippen LogP contribution in [0.3, 0.4) is 0 Å². The van der Waals surface area contributed by atoms with Crippen molar-refractivity contribution >= 4 is 17.3 Å². The third kappa shape index (κ3) is 4.01. The second kappa shape index (κ2) is 7.50. The molecule has 0 saturated carbocycles. The number of benzene rings is 2. The van der Waals surface area contributed by atoms with Crippen molar-refractivity contribution in [2.24, 2.45) is 0 Å². The van der Waals surface area contributed by atoms with Crippen LogP contribution in [0, 0.1) is 0 Å². The fraction of sp³-hybridized carbons (Fsp3) is 0.278. The SMILES string of the molecule is CCc1cccc(CC)c1NC(=O)COc1ccc(N)cc1. The smallest absolute Gasteiger partial charge is 0.262 e. The summed E-state index contributed by atoms with van der Waals surface area (Å²) in [6.07, 6.45) is 1.75. The van der Waals surface area contributed by atoms with Crippen molar-refractivity contribution in [2.75, 3.05) is 17.7 Å². The number of carbonyl (C=O) groups excluding carboxylic acids is 1. The molecule has 0 aliphatic rings. The summed E-state index contributed by atoms with van der Waals surface area (Å²) < 4.78 is 5.47. The number of carbonyl (C=O) groups is 1. The minimum Gasteiger partial charge on any atom is -0.484 e. The van der Waals surface area contributed by atoms with Gasteiger partial charge in [0.1, 0.15) is 5.75 Å². The normalized spacial score (nSPS) is 10.3.